The summed E-state index contributed by atoms with van der Waals surface area (Å²) in [4.78, 5) is 40.7. The van der Waals surface area contributed by atoms with Gasteiger partial charge in [-0.3, -0.25) is 14.4 Å². The van der Waals surface area contributed by atoms with Gasteiger partial charge in [0, 0.05) is 12.5 Å². The first-order valence-electron chi connectivity index (χ1n) is 12.5. The number of benzene rings is 1. The summed E-state index contributed by atoms with van der Waals surface area (Å²) in [7, 11) is 0. The lowest BCUT2D eigenvalue weighted by Crippen LogP contribution is -2.64. The smallest absolute Gasteiger partial charge is 0.242 e. The third kappa shape index (κ3) is 5.60. The number of carbonyl (C=O) groups is 3. The summed E-state index contributed by atoms with van der Waals surface area (Å²) in [6.07, 6.45) is 8.67. The minimum Gasteiger partial charge on any atom is -0.368 e. The molecule has 0 aromatic heterocycles. The van der Waals surface area contributed by atoms with Gasteiger partial charge in [-0.2, -0.15) is 11.8 Å². The van der Waals surface area contributed by atoms with Crippen molar-refractivity contribution >= 4 is 29.5 Å². The highest BCUT2D eigenvalue weighted by Crippen LogP contribution is 2.55. The van der Waals surface area contributed by atoms with Crippen molar-refractivity contribution in [3.8, 4) is 0 Å². The van der Waals surface area contributed by atoms with Crippen LogP contribution < -0.4 is 16.8 Å². The zero-order valence-electron chi connectivity index (χ0n) is 20.0. The van der Waals surface area contributed by atoms with E-state index in [-0.39, 0.29) is 24.4 Å². The molecule has 4 aliphatic rings. The summed E-state index contributed by atoms with van der Waals surface area (Å²) in [5, 5.41) is 2.74. The first kappa shape index (κ1) is 25.0. The van der Waals surface area contributed by atoms with E-state index in [0.717, 1.165) is 48.8 Å². The average Bonchev–Trinajstić information content (AvgIpc) is 2.82. The number of amides is 3. The molecule has 8 heteroatoms. The van der Waals surface area contributed by atoms with Crippen LogP contribution in [-0.4, -0.2) is 59.3 Å². The van der Waals surface area contributed by atoms with Crippen molar-refractivity contribution in [2.75, 3.05) is 18.6 Å². The summed E-state index contributed by atoms with van der Waals surface area (Å²) >= 11 is 1.63. The zero-order valence-corrected chi connectivity index (χ0v) is 20.8. The molecule has 5 rings (SSSR count). The van der Waals surface area contributed by atoms with Crippen LogP contribution in [0.3, 0.4) is 0 Å². The molecule has 1 aromatic carbocycles. The number of nitrogens with two attached hydrogens (primary N) is 2. The van der Waals surface area contributed by atoms with Gasteiger partial charge in [-0.1, -0.05) is 30.3 Å². The molecule has 4 fully saturated rings. The SMILES string of the molecule is CSCC[C@@H](N)C(=O)NCC(=O)N(C1C2CC3CC(C2)CC1C3)[C@H](Cc1ccccc1)C(N)=O. The van der Waals surface area contributed by atoms with Crippen LogP contribution >= 0.6 is 11.8 Å². The average molecular weight is 487 g/mol. The Morgan fingerprint density at radius 3 is 2.24 bits per heavy atom. The molecule has 2 atom stereocenters. The molecule has 0 radical (unpaired) electrons. The van der Waals surface area contributed by atoms with E-state index in [4.69, 9.17) is 11.5 Å². The molecule has 4 saturated carbocycles. The Balaban J connectivity index is 1.55. The third-order valence-electron chi connectivity index (χ3n) is 8.11. The van der Waals surface area contributed by atoms with Crippen molar-refractivity contribution in [2.24, 2.45) is 35.1 Å². The molecule has 0 unspecified atom stereocenters. The first-order valence-corrected chi connectivity index (χ1v) is 13.9. The second kappa shape index (κ2) is 11.1. The standard InChI is InChI=1S/C26H38N4O3S/c1-34-8-7-21(27)26(33)29-15-23(31)30(22(25(28)32)14-16-5-3-2-4-6-16)24-19-10-17-9-18(12-19)13-20(24)11-17/h2-6,17-22,24H,7-15,27H2,1H3,(H2,28,32)(H,29,33)/t17?,18?,19?,20?,21-,22-,24?/m1/s1. The summed E-state index contributed by atoms with van der Waals surface area (Å²) < 4.78 is 0. The van der Waals surface area contributed by atoms with Crippen LogP contribution in [-0.2, 0) is 20.8 Å². The molecule has 7 nitrogen and oxygen atoms in total. The molecule has 186 valence electrons. The van der Waals surface area contributed by atoms with Crippen LogP contribution in [0.1, 0.15) is 44.1 Å². The van der Waals surface area contributed by atoms with Crippen molar-refractivity contribution < 1.29 is 14.4 Å². The molecule has 0 aliphatic heterocycles. The molecular formula is C26H38N4O3S. The highest BCUT2D eigenvalue weighted by Gasteiger charge is 2.52. The predicted octanol–water partition coefficient (Wildman–Crippen LogP) is 1.93. The van der Waals surface area contributed by atoms with Gasteiger partial charge in [0.05, 0.1) is 12.6 Å². The second-order valence-corrected chi connectivity index (χ2v) is 11.4. The van der Waals surface area contributed by atoms with E-state index in [0.29, 0.717) is 24.7 Å². The fourth-order valence-electron chi connectivity index (χ4n) is 6.83. The third-order valence-corrected chi connectivity index (χ3v) is 8.75. The number of rotatable bonds is 11. The Morgan fingerprint density at radius 2 is 1.68 bits per heavy atom. The topological polar surface area (TPSA) is 119 Å². The minimum atomic E-state index is -0.737. The number of hydrogen-bond acceptors (Lipinski definition) is 5. The molecule has 3 amide bonds. The second-order valence-electron chi connectivity index (χ2n) is 10.4. The Labute approximate surface area is 206 Å². The predicted molar refractivity (Wildman–Crippen MR) is 135 cm³/mol. The van der Waals surface area contributed by atoms with Crippen molar-refractivity contribution in [2.45, 2.75) is 63.1 Å². The largest absolute Gasteiger partial charge is 0.368 e. The number of thioether (sulfide) groups is 1. The summed E-state index contributed by atoms with van der Waals surface area (Å²) in [6, 6.07) is 8.33. The first-order chi connectivity index (χ1) is 16.4. The summed E-state index contributed by atoms with van der Waals surface area (Å²) in [5.41, 5.74) is 12.9. The van der Waals surface area contributed by atoms with E-state index in [1.807, 2.05) is 36.6 Å². The number of nitrogens with zero attached hydrogens (tertiary/aromatic N) is 1. The van der Waals surface area contributed by atoms with E-state index >= 15 is 0 Å². The Hall–Kier alpha value is -2.06. The fraction of sp³-hybridized carbons (Fsp3) is 0.654. The maximum absolute atomic E-state index is 13.7. The van der Waals surface area contributed by atoms with Crippen LogP contribution in [0.2, 0.25) is 0 Å². The summed E-state index contributed by atoms with van der Waals surface area (Å²) in [6.45, 7) is -0.160. The maximum atomic E-state index is 13.7. The Bertz CT molecular complexity index is 852. The Morgan fingerprint density at radius 1 is 1.06 bits per heavy atom. The number of hydrogen-bond donors (Lipinski definition) is 3. The van der Waals surface area contributed by atoms with E-state index in [1.54, 1.807) is 16.7 Å². The number of primary amides is 1. The van der Waals surface area contributed by atoms with Crippen molar-refractivity contribution in [3.05, 3.63) is 35.9 Å². The highest BCUT2D eigenvalue weighted by molar-refractivity contribution is 7.98. The molecule has 5 N–H and O–H groups in total. The maximum Gasteiger partial charge on any atom is 0.242 e. The van der Waals surface area contributed by atoms with Gasteiger partial charge in [0.15, 0.2) is 0 Å². The quantitative estimate of drug-likeness (QED) is 0.442. The van der Waals surface area contributed by atoms with Gasteiger partial charge >= 0.3 is 0 Å². The molecule has 34 heavy (non-hydrogen) atoms. The lowest BCUT2D eigenvalue weighted by atomic mass is 9.53. The molecular weight excluding hydrogens is 448 g/mol. The Kier molecular flexibility index (Phi) is 8.19. The summed E-state index contributed by atoms with van der Waals surface area (Å²) in [5.74, 6) is 2.01. The van der Waals surface area contributed by atoms with Crippen LogP contribution in [0, 0.1) is 23.7 Å². The molecule has 0 spiro atoms. The number of carbonyl (C=O) groups excluding carboxylic acids is 3. The highest BCUT2D eigenvalue weighted by atomic mass is 32.2. The molecule has 1 aromatic rings. The van der Waals surface area contributed by atoms with E-state index in [1.165, 1.54) is 6.42 Å². The zero-order chi connectivity index (χ0) is 24.2. The van der Waals surface area contributed by atoms with Crippen LogP contribution in [0.15, 0.2) is 30.3 Å². The van der Waals surface area contributed by atoms with Crippen LogP contribution in [0.5, 0.6) is 0 Å². The molecule has 4 bridgehead atoms. The van der Waals surface area contributed by atoms with Gasteiger partial charge < -0.3 is 21.7 Å². The minimum absolute atomic E-state index is 0.00331. The van der Waals surface area contributed by atoms with Crippen LogP contribution in [0.25, 0.3) is 0 Å². The lowest BCUT2D eigenvalue weighted by Gasteiger charge is -2.58. The van der Waals surface area contributed by atoms with Gasteiger partial charge in [-0.15, -0.1) is 0 Å². The van der Waals surface area contributed by atoms with Gasteiger partial charge in [-0.25, -0.2) is 0 Å². The van der Waals surface area contributed by atoms with Gasteiger partial charge in [0.2, 0.25) is 17.7 Å². The monoisotopic (exact) mass is 486 g/mol. The molecule has 4 aliphatic carbocycles. The lowest BCUT2D eigenvalue weighted by molar-refractivity contribution is -0.153. The normalized spacial score (nSPS) is 28.8. The van der Waals surface area contributed by atoms with E-state index < -0.39 is 18.0 Å². The van der Waals surface area contributed by atoms with Gasteiger partial charge in [0.1, 0.15) is 6.04 Å². The molecule has 0 saturated heterocycles. The van der Waals surface area contributed by atoms with Gasteiger partial charge in [-0.05, 0) is 79.8 Å². The van der Waals surface area contributed by atoms with Crippen molar-refractivity contribution in [1.82, 2.24) is 10.2 Å². The fourth-order valence-corrected chi connectivity index (χ4v) is 7.32. The van der Waals surface area contributed by atoms with Crippen molar-refractivity contribution in [1.29, 1.82) is 0 Å². The van der Waals surface area contributed by atoms with E-state index in [2.05, 4.69) is 5.32 Å². The number of nitrogens with one attached hydrogen (secondary N) is 1. The van der Waals surface area contributed by atoms with Gasteiger partial charge in [0.25, 0.3) is 0 Å². The van der Waals surface area contributed by atoms with Crippen molar-refractivity contribution in [3.63, 3.8) is 0 Å². The molecule has 0 heterocycles. The van der Waals surface area contributed by atoms with Crippen LogP contribution in [0.4, 0.5) is 0 Å². The van der Waals surface area contributed by atoms with E-state index in [9.17, 15) is 14.4 Å².